The summed E-state index contributed by atoms with van der Waals surface area (Å²) in [5.74, 6) is 0. The highest BCUT2D eigenvalue weighted by atomic mass is 31.2. The predicted octanol–water partition coefficient (Wildman–Crippen LogP) is 9.09. The molecular weight excluding hydrogens is 503 g/mol. The summed E-state index contributed by atoms with van der Waals surface area (Å²) >= 11 is 0. The summed E-state index contributed by atoms with van der Waals surface area (Å²) in [7, 11) is -3.31. The Bertz CT molecular complexity index is 2190. The SMILES string of the molecule is O=P(c1ccc2ccccc2c1)(c1ccc2ccccc2c1)c1cccc2c3ccccc3c3ccccc3c12. The molecule has 0 heterocycles. The molecule has 2 heteroatoms. The Kier molecular flexibility index (Phi) is 5.17. The van der Waals surface area contributed by atoms with Crippen molar-refractivity contribution in [3.63, 3.8) is 0 Å². The zero-order valence-electron chi connectivity index (χ0n) is 21.8. The lowest BCUT2D eigenvalue weighted by molar-refractivity contribution is 0.592. The number of rotatable bonds is 3. The van der Waals surface area contributed by atoms with Crippen LogP contribution in [0.5, 0.6) is 0 Å². The second-order valence-corrected chi connectivity index (χ2v) is 13.2. The molecule has 0 N–H and O–H groups in total. The average molecular weight is 529 g/mol. The van der Waals surface area contributed by atoms with Crippen LogP contribution in [0.2, 0.25) is 0 Å². The van der Waals surface area contributed by atoms with E-state index in [-0.39, 0.29) is 0 Å². The second-order valence-electron chi connectivity index (χ2n) is 10.5. The zero-order chi connectivity index (χ0) is 26.7. The van der Waals surface area contributed by atoms with Crippen molar-refractivity contribution in [1.29, 1.82) is 0 Å². The first-order valence-corrected chi connectivity index (χ1v) is 15.3. The Morgan fingerprint density at radius 1 is 0.350 bits per heavy atom. The maximum absolute atomic E-state index is 16.1. The van der Waals surface area contributed by atoms with Crippen molar-refractivity contribution in [1.82, 2.24) is 0 Å². The van der Waals surface area contributed by atoms with Crippen molar-refractivity contribution >= 4 is 76.9 Å². The molecule has 0 aromatic heterocycles. The quantitative estimate of drug-likeness (QED) is 0.165. The van der Waals surface area contributed by atoms with Gasteiger partial charge in [-0.2, -0.15) is 0 Å². The molecule has 8 rings (SSSR count). The average Bonchev–Trinajstić information content (AvgIpc) is 3.03. The summed E-state index contributed by atoms with van der Waals surface area (Å²) in [6.07, 6.45) is 0. The minimum absolute atomic E-state index is 0.853. The number of fused-ring (bicyclic) bond motifs is 8. The van der Waals surface area contributed by atoms with E-state index < -0.39 is 7.14 Å². The fourth-order valence-electron chi connectivity index (χ4n) is 6.37. The smallest absolute Gasteiger partial charge is 0.171 e. The maximum atomic E-state index is 16.1. The van der Waals surface area contributed by atoms with E-state index >= 15 is 4.57 Å². The van der Waals surface area contributed by atoms with E-state index in [2.05, 4.69) is 127 Å². The van der Waals surface area contributed by atoms with Gasteiger partial charge in [0.25, 0.3) is 0 Å². The van der Waals surface area contributed by atoms with Crippen LogP contribution >= 0.6 is 7.14 Å². The summed E-state index contributed by atoms with van der Waals surface area (Å²) < 4.78 is 16.1. The summed E-state index contributed by atoms with van der Waals surface area (Å²) in [5.41, 5.74) is 0. The summed E-state index contributed by atoms with van der Waals surface area (Å²) in [6.45, 7) is 0. The molecule has 0 fully saturated rings. The Morgan fingerprint density at radius 2 is 0.750 bits per heavy atom. The van der Waals surface area contributed by atoms with Gasteiger partial charge in [-0.15, -0.1) is 0 Å². The van der Waals surface area contributed by atoms with Gasteiger partial charge in [0.15, 0.2) is 7.14 Å². The van der Waals surface area contributed by atoms with E-state index in [1.807, 2.05) is 24.3 Å². The first-order chi connectivity index (χ1) is 19.7. The Morgan fingerprint density at radius 3 is 1.27 bits per heavy atom. The van der Waals surface area contributed by atoms with Gasteiger partial charge in [-0.25, -0.2) is 0 Å². The Labute approximate surface area is 232 Å². The number of hydrogen-bond donors (Lipinski definition) is 0. The fraction of sp³-hybridized carbons (Fsp3) is 0. The lowest BCUT2D eigenvalue weighted by atomic mass is 9.94. The molecule has 0 spiro atoms. The van der Waals surface area contributed by atoms with Crippen LogP contribution in [0.3, 0.4) is 0 Å². The molecule has 0 saturated heterocycles. The third-order valence-electron chi connectivity index (χ3n) is 8.28. The zero-order valence-corrected chi connectivity index (χ0v) is 22.7. The molecule has 8 aromatic carbocycles. The first kappa shape index (κ1) is 23.2. The van der Waals surface area contributed by atoms with E-state index in [1.54, 1.807) is 0 Å². The van der Waals surface area contributed by atoms with Gasteiger partial charge in [-0.3, -0.25) is 0 Å². The van der Waals surface area contributed by atoms with E-state index in [0.717, 1.165) is 53.6 Å². The van der Waals surface area contributed by atoms with Crippen LogP contribution in [0.1, 0.15) is 0 Å². The summed E-state index contributed by atoms with van der Waals surface area (Å²) in [5, 5.41) is 14.0. The van der Waals surface area contributed by atoms with Gasteiger partial charge in [-0.1, -0.05) is 140 Å². The van der Waals surface area contributed by atoms with Crippen LogP contribution in [-0.4, -0.2) is 0 Å². The van der Waals surface area contributed by atoms with Gasteiger partial charge in [0.2, 0.25) is 0 Å². The highest BCUT2D eigenvalue weighted by Gasteiger charge is 2.33. The molecular formula is C38H25OP. The van der Waals surface area contributed by atoms with Crippen LogP contribution in [-0.2, 0) is 4.57 Å². The molecule has 188 valence electrons. The molecule has 0 saturated carbocycles. The molecule has 0 aliphatic rings. The third-order valence-corrected chi connectivity index (χ3v) is 11.3. The molecule has 0 unspecified atom stereocenters. The predicted molar refractivity (Wildman–Crippen MR) is 173 cm³/mol. The van der Waals surface area contributed by atoms with Crippen LogP contribution < -0.4 is 15.9 Å². The second kappa shape index (κ2) is 8.91. The maximum Gasteiger partial charge on any atom is 0.171 e. The molecule has 0 amide bonds. The molecule has 8 aromatic rings. The van der Waals surface area contributed by atoms with Crippen LogP contribution in [0, 0.1) is 0 Å². The fourth-order valence-corrected chi connectivity index (χ4v) is 9.29. The minimum atomic E-state index is -3.31. The Hall–Kier alpha value is -4.71. The van der Waals surface area contributed by atoms with Gasteiger partial charge < -0.3 is 4.57 Å². The molecule has 1 nitrogen and oxygen atoms in total. The Balaban J connectivity index is 1.55. The van der Waals surface area contributed by atoms with Gasteiger partial charge >= 0.3 is 0 Å². The third kappa shape index (κ3) is 3.38. The highest BCUT2D eigenvalue weighted by molar-refractivity contribution is 7.85. The monoisotopic (exact) mass is 528 g/mol. The van der Waals surface area contributed by atoms with Gasteiger partial charge in [-0.05, 0) is 60.6 Å². The summed E-state index contributed by atoms with van der Waals surface area (Å²) in [4.78, 5) is 0. The van der Waals surface area contributed by atoms with E-state index in [9.17, 15) is 0 Å². The van der Waals surface area contributed by atoms with Gasteiger partial charge in [0.05, 0.1) is 0 Å². The van der Waals surface area contributed by atoms with E-state index in [1.165, 1.54) is 16.2 Å². The van der Waals surface area contributed by atoms with Crippen molar-refractivity contribution in [2.24, 2.45) is 0 Å². The van der Waals surface area contributed by atoms with Crippen LogP contribution in [0.25, 0.3) is 53.9 Å². The molecule has 0 aliphatic carbocycles. The van der Waals surface area contributed by atoms with Crippen molar-refractivity contribution in [3.05, 3.63) is 152 Å². The van der Waals surface area contributed by atoms with Gasteiger partial charge in [0, 0.05) is 21.3 Å². The standard InChI is InChI=1S/C38H25OP/c39-40(30-22-20-26-10-1-3-12-28(26)24-30,31-23-21-27-11-2-4-13-29(27)25-31)37-19-9-18-36-34-15-6-5-14-32(34)33-16-7-8-17-35(33)38(36)37/h1-25H. The van der Waals surface area contributed by atoms with Crippen molar-refractivity contribution in [2.75, 3.05) is 0 Å². The first-order valence-electron chi connectivity index (χ1n) is 13.6. The van der Waals surface area contributed by atoms with Crippen molar-refractivity contribution < 1.29 is 4.57 Å². The largest absolute Gasteiger partial charge is 0.309 e. The van der Waals surface area contributed by atoms with Crippen LogP contribution in [0.4, 0.5) is 0 Å². The topological polar surface area (TPSA) is 17.1 Å². The number of hydrogen-bond acceptors (Lipinski definition) is 1. The molecule has 0 atom stereocenters. The molecule has 40 heavy (non-hydrogen) atoms. The van der Waals surface area contributed by atoms with Gasteiger partial charge in [0.1, 0.15) is 0 Å². The minimum Gasteiger partial charge on any atom is -0.309 e. The lowest BCUT2D eigenvalue weighted by Gasteiger charge is -2.24. The van der Waals surface area contributed by atoms with E-state index in [0.29, 0.717) is 0 Å². The number of benzene rings is 8. The lowest BCUT2D eigenvalue weighted by Crippen LogP contribution is -2.26. The highest BCUT2D eigenvalue weighted by Crippen LogP contribution is 2.47. The van der Waals surface area contributed by atoms with Crippen molar-refractivity contribution in [3.8, 4) is 0 Å². The molecule has 0 radical (unpaired) electrons. The molecule has 0 aliphatic heterocycles. The normalized spacial score (nSPS) is 12.1. The van der Waals surface area contributed by atoms with Crippen molar-refractivity contribution in [2.45, 2.75) is 0 Å². The van der Waals surface area contributed by atoms with Crippen LogP contribution in [0.15, 0.2) is 152 Å². The summed E-state index contributed by atoms with van der Waals surface area (Å²) in [6, 6.07) is 52.7. The van der Waals surface area contributed by atoms with E-state index in [4.69, 9.17) is 0 Å². The molecule has 0 bridgehead atoms.